The smallest absolute Gasteiger partial charge is 0.374 e. The van der Waals surface area contributed by atoms with Gasteiger partial charge >= 0.3 is 5.97 Å². The quantitative estimate of drug-likeness (QED) is 0.568. The zero-order valence-electron chi connectivity index (χ0n) is 10.1. The van der Waals surface area contributed by atoms with E-state index in [1.807, 2.05) is 0 Å². The van der Waals surface area contributed by atoms with Gasteiger partial charge in [0.25, 0.3) is 0 Å². The fraction of sp³-hybridized carbons (Fsp3) is 0.833. The second-order valence-electron chi connectivity index (χ2n) is 4.30. The Morgan fingerprint density at radius 3 is 2.75 bits per heavy atom. The van der Waals surface area contributed by atoms with Crippen LogP contribution in [0.4, 0.5) is 0 Å². The van der Waals surface area contributed by atoms with Crippen LogP contribution in [0, 0.1) is 5.92 Å². The van der Waals surface area contributed by atoms with Crippen LogP contribution < -0.4 is 5.32 Å². The van der Waals surface area contributed by atoms with E-state index in [0.29, 0.717) is 5.92 Å². The molecule has 16 heavy (non-hydrogen) atoms. The number of rotatable bonds is 5. The van der Waals surface area contributed by atoms with Crippen molar-refractivity contribution < 1.29 is 14.3 Å². The number of ether oxygens (including phenoxy) is 1. The van der Waals surface area contributed by atoms with E-state index in [2.05, 4.69) is 17.0 Å². The van der Waals surface area contributed by atoms with E-state index in [-0.39, 0.29) is 19.1 Å². The molecule has 0 saturated carbocycles. The van der Waals surface area contributed by atoms with E-state index in [1.165, 1.54) is 6.42 Å². The number of hydrogen-bond acceptors (Lipinski definition) is 4. The first-order valence-electron chi connectivity index (χ1n) is 6.10. The van der Waals surface area contributed by atoms with Gasteiger partial charge in [-0.2, -0.15) is 0 Å². The molecular weight excluding hydrogens is 206 g/mol. The summed E-state index contributed by atoms with van der Waals surface area (Å²) >= 11 is 0. The molecule has 2 unspecified atom stereocenters. The molecule has 1 aliphatic rings. The molecule has 1 rings (SSSR count). The van der Waals surface area contributed by atoms with Gasteiger partial charge in [-0.15, -0.1) is 0 Å². The molecule has 4 heteroatoms. The van der Waals surface area contributed by atoms with Crippen molar-refractivity contribution in [3.8, 4) is 0 Å². The van der Waals surface area contributed by atoms with Crippen LogP contribution in [-0.4, -0.2) is 30.9 Å². The number of ketones is 1. The number of hydrogen-bond donors (Lipinski definition) is 1. The Morgan fingerprint density at radius 2 is 2.12 bits per heavy atom. The molecule has 92 valence electrons. The molecule has 1 saturated heterocycles. The zero-order chi connectivity index (χ0) is 12.0. The van der Waals surface area contributed by atoms with Crippen LogP contribution in [0.2, 0.25) is 0 Å². The summed E-state index contributed by atoms with van der Waals surface area (Å²) in [4.78, 5) is 22.6. The van der Waals surface area contributed by atoms with Gasteiger partial charge in [0.15, 0.2) is 0 Å². The molecule has 0 amide bonds. The van der Waals surface area contributed by atoms with Crippen molar-refractivity contribution in [3.63, 3.8) is 0 Å². The Morgan fingerprint density at radius 1 is 1.38 bits per heavy atom. The van der Waals surface area contributed by atoms with Crippen molar-refractivity contribution in [2.24, 2.45) is 5.92 Å². The minimum absolute atomic E-state index is 0.149. The number of piperidine rings is 1. The molecular formula is C12H21NO3. The third-order valence-electron chi connectivity index (χ3n) is 3.12. The summed E-state index contributed by atoms with van der Waals surface area (Å²) in [7, 11) is 0. The lowest BCUT2D eigenvalue weighted by molar-refractivity contribution is -0.153. The van der Waals surface area contributed by atoms with Gasteiger partial charge in [0.1, 0.15) is 0 Å². The minimum atomic E-state index is -0.692. The largest absolute Gasteiger partial charge is 0.460 e. The summed E-state index contributed by atoms with van der Waals surface area (Å²) in [5.41, 5.74) is 0. The Kier molecular flexibility index (Phi) is 5.46. The van der Waals surface area contributed by atoms with Crippen LogP contribution in [0.15, 0.2) is 0 Å². The van der Waals surface area contributed by atoms with Gasteiger partial charge in [0, 0.05) is 12.5 Å². The lowest BCUT2D eigenvalue weighted by atomic mass is 9.88. The van der Waals surface area contributed by atoms with E-state index in [4.69, 9.17) is 0 Å². The Labute approximate surface area is 96.7 Å². The summed E-state index contributed by atoms with van der Waals surface area (Å²) in [5.74, 6) is -0.416. The molecule has 1 aliphatic heterocycles. The Hall–Kier alpha value is -0.900. The highest BCUT2D eigenvalue weighted by Gasteiger charge is 2.25. The number of nitrogens with one attached hydrogen (secondary N) is 1. The van der Waals surface area contributed by atoms with Gasteiger partial charge in [0.05, 0.1) is 6.61 Å². The molecule has 0 bridgehead atoms. The molecule has 1 N–H and O–H groups in total. The van der Waals surface area contributed by atoms with Gasteiger partial charge in [-0.1, -0.05) is 13.3 Å². The maximum Gasteiger partial charge on any atom is 0.374 e. The van der Waals surface area contributed by atoms with Gasteiger partial charge in [0.2, 0.25) is 5.78 Å². The zero-order valence-corrected chi connectivity index (χ0v) is 10.1. The molecule has 0 aromatic carbocycles. The third-order valence-corrected chi connectivity index (χ3v) is 3.12. The fourth-order valence-electron chi connectivity index (χ4n) is 2.14. The van der Waals surface area contributed by atoms with E-state index < -0.39 is 11.8 Å². The van der Waals surface area contributed by atoms with Crippen LogP contribution in [0.25, 0.3) is 0 Å². The highest BCUT2D eigenvalue weighted by molar-refractivity contribution is 6.33. The molecule has 0 aliphatic carbocycles. The van der Waals surface area contributed by atoms with Crippen molar-refractivity contribution in [1.82, 2.24) is 5.32 Å². The molecule has 1 heterocycles. The van der Waals surface area contributed by atoms with E-state index in [1.54, 1.807) is 6.92 Å². The molecule has 0 radical (unpaired) electrons. The minimum Gasteiger partial charge on any atom is -0.460 e. The van der Waals surface area contributed by atoms with E-state index in [0.717, 1.165) is 19.4 Å². The van der Waals surface area contributed by atoms with Crippen LogP contribution in [0.5, 0.6) is 0 Å². The van der Waals surface area contributed by atoms with Crippen molar-refractivity contribution in [1.29, 1.82) is 0 Å². The highest BCUT2D eigenvalue weighted by atomic mass is 16.5. The predicted molar refractivity (Wildman–Crippen MR) is 61.1 cm³/mol. The van der Waals surface area contributed by atoms with Crippen LogP contribution in [-0.2, 0) is 14.3 Å². The standard InChI is InChI=1S/C12H21NO3/c1-3-9-5-6-13-10(7-9)8-11(14)12(15)16-4-2/h9-10,13H,3-8H2,1-2H3. The maximum absolute atomic E-state index is 11.5. The highest BCUT2D eigenvalue weighted by Crippen LogP contribution is 2.20. The van der Waals surface area contributed by atoms with Crippen LogP contribution in [0.1, 0.15) is 39.5 Å². The van der Waals surface area contributed by atoms with Crippen molar-refractivity contribution in [2.45, 2.75) is 45.6 Å². The molecule has 0 spiro atoms. The van der Waals surface area contributed by atoms with Gasteiger partial charge < -0.3 is 10.1 Å². The van der Waals surface area contributed by atoms with Crippen molar-refractivity contribution >= 4 is 11.8 Å². The lowest BCUT2D eigenvalue weighted by Crippen LogP contribution is -2.40. The molecule has 4 nitrogen and oxygen atoms in total. The van der Waals surface area contributed by atoms with Crippen molar-refractivity contribution in [3.05, 3.63) is 0 Å². The normalized spacial score (nSPS) is 25.1. The summed E-state index contributed by atoms with van der Waals surface area (Å²) in [5, 5.41) is 3.28. The van der Waals surface area contributed by atoms with Gasteiger partial charge in [-0.05, 0) is 32.2 Å². The first-order chi connectivity index (χ1) is 7.67. The third kappa shape index (κ3) is 3.93. The second-order valence-corrected chi connectivity index (χ2v) is 4.30. The number of carbonyl (C=O) groups is 2. The van der Waals surface area contributed by atoms with Crippen LogP contribution >= 0.6 is 0 Å². The Balaban J connectivity index is 2.35. The molecule has 0 aromatic heterocycles. The first-order valence-corrected chi connectivity index (χ1v) is 6.10. The summed E-state index contributed by atoms with van der Waals surface area (Å²) in [6.07, 6.45) is 3.57. The van der Waals surface area contributed by atoms with Crippen LogP contribution in [0.3, 0.4) is 0 Å². The maximum atomic E-state index is 11.5. The van der Waals surface area contributed by atoms with Gasteiger partial charge in [-0.25, -0.2) is 4.79 Å². The average Bonchev–Trinajstić information content (AvgIpc) is 2.29. The van der Waals surface area contributed by atoms with E-state index >= 15 is 0 Å². The second kappa shape index (κ2) is 6.63. The van der Waals surface area contributed by atoms with Crippen molar-refractivity contribution in [2.75, 3.05) is 13.2 Å². The van der Waals surface area contributed by atoms with E-state index in [9.17, 15) is 9.59 Å². The fourth-order valence-corrected chi connectivity index (χ4v) is 2.14. The lowest BCUT2D eigenvalue weighted by Gasteiger charge is -2.29. The average molecular weight is 227 g/mol. The molecule has 1 fully saturated rings. The topological polar surface area (TPSA) is 55.4 Å². The molecule has 0 aromatic rings. The predicted octanol–water partition coefficient (Wildman–Crippen LogP) is 1.29. The summed E-state index contributed by atoms with van der Waals surface area (Å²) in [6.45, 7) is 5.08. The Bertz CT molecular complexity index is 253. The number of esters is 1. The van der Waals surface area contributed by atoms with Gasteiger partial charge in [-0.3, -0.25) is 4.79 Å². The summed E-state index contributed by atoms with van der Waals surface area (Å²) in [6, 6.07) is 0.149. The SMILES string of the molecule is CCOC(=O)C(=O)CC1CC(CC)CCN1. The number of carbonyl (C=O) groups excluding carboxylic acids is 2. The monoisotopic (exact) mass is 227 g/mol. The molecule has 2 atom stereocenters. The summed E-state index contributed by atoms with van der Waals surface area (Å²) < 4.78 is 4.68. The number of Topliss-reactive ketones (excluding diaryl/α,β-unsaturated/α-hetero) is 1. The first kappa shape index (κ1) is 13.2.